The topological polar surface area (TPSA) is 42.0 Å². The second-order valence-corrected chi connectivity index (χ2v) is 7.89. The van der Waals surface area contributed by atoms with Crippen molar-refractivity contribution in [2.75, 3.05) is 0 Å². The average Bonchev–Trinajstić information content (AvgIpc) is 2.74. The summed E-state index contributed by atoms with van der Waals surface area (Å²) in [5, 5.41) is 4.31. The van der Waals surface area contributed by atoms with E-state index in [1.54, 1.807) is 0 Å². The molecule has 1 aliphatic rings. The molecule has 0 aliphatic heterocycles. The predicted octanol–water partition coefficient (Wildman–Crippen LogP) is 5.77. The molecule has 3 heteroatoms. The van der Waals surface area contributed by atoms with Crippen molar-refractivity contribution in [3.63, 3.8) is 0 Å². The zero-order valence-corrected chi connectivity index (χ0v) is 16.7. The fourth-order valence-electron chi connectivity index (χ4n) is 4.46. The van der Waals surface area contributed by atoms with Crippen molar-refractivity contribution in [2.45, 2.75) is 52.0 Å². The van der Waals surface area contributed by atoms with Crippen LogP contribution >= 0.6 is 0 Å². The summed E-state index contributed by atoms with van der Waals surface area (Å²) in [6, 6.07) is 18.5. The maximum atomic E-state index is 13.5. The van der Waals surface area contributed by atoms with Crippen molar-refractivity contribution in [1.82, 2.24) is 10.3 Å². The number of amides is 1. The Morgan fingerprint density at radius 1 is 1.04 bits per heavy atom. The lowest BCUT2D eigenvalue weighted by Gasteiger charge is -2.30. The molecule has 1 fully saturated rings. The minimum Gasteiger partial charge on any atom is -0.349 e. The molecule has 0 unspecified atom stereocenters. The van der Waals surface area contributed by atoms with Crippen LogP contribution in [0, 0.1) is 5.92 Å². The fourth-order valence-corrected chi connectivity index (χ4v) is 4.46. The third-order valence-electron chi connectivity index (χ3n) is 6.05. The molecule has 0 spiro atoms. The molecule has 144 valence electrons. The van der Waals surface area contributed by atoms with Gasteiger partial charge in [-0.1, -0.05) is 75.2 Å². The number of nitrogens with zero attached hydrogens (tertiary/aromatic N) is 1. The van der Waals surface area contributed by atoms with Crippen molar-refractivity contribution in [3.05, 3.63) is 65.7 Å². The SMILES string of the molecule is CCc1c(-c2ccccc2)nc2ccccc2c1C(=O)N[C@H]1CCCC[C@H]1C. The Kier molecular flexibility index (Phi) is 5.43. The number of hydrogen-bond donors (Lipinski definition) is 1. The van der Waals surface area contributed by atoms with E-state index in [1.165, 1.54) is 19.3 Å². The van der Waals surface area contributed by atoms with Gasteiger partial charge in [0.2, 0.25) is 0 Å². The molecule has 4 rings (SSSR count). The second kappa shape index (κ2) is 8.14. The number of rotatable bonds is 4. The minimum absolute atomic E-state index is 0.0476. The van der Waals surface area contributed by atoms with Crippen LogP contribution < -0.4 is 5.32 Å². The quantitative estimate of drug-likeness (QED) is 0.631. The van der Waals surface area contributed by atoms with Gasteiger partial charge in [-0.2, -0.15) is 0 Å². The predicted molar refractivity (Wildman–Crippen MR) is 115 cm³/mol. The lowest BCUT2D eigenvalue weighted by atomic mass is 9.85. The van der Waals surface area contributed by atoms with Crippen molar-refractivity contribution < 1.29 is 4.79 Å². The van der Waals surface area contributed by atoms with Gasteiger partial charge in [0.1, 0.15) is 0 Å². The molecule has 28 heavy (non-hydrogen) atoms. The Morgan fingerprint density at radius 3 is 2.50 bits per heavy atom. The second-order valence-electron chi connectivity index (χ2n) is 7.89. The van der Waals surface area contributed by atoms with Crippen LogP contribution in [0.3, 0.4) is 0 Å². The monoisotopic (exact) mass is 372 g/mol. The summed E-state index contributed by atoms with van der Waals surface area (Å²) in [5.74, 6) is 0.579. The van der Waals surface area contributed by atoms with E-state index in [0.29, 0.717) is 5.92 Å². The van der Waals surface area contributed by atoms with Gasteiger partial charge in [0.05, 0.1) is 16.8 Å². The van der Waals surface area contributed by atoms with Gasteiger partial charge in [0.15, 0.2) is 0 Å². The molecule has 2 aromatic carbocycles. The summed E-state index contributed by atoms with van der Waals surface area (Å²) in [6.07, 6.45) is 5.50. The molecule has 0 bridgehead atoms. The zero-order valence-electron chi connectivity index (χ0n) is 16.7. The number of hydrogen-bond acceptors (Lipinski definition) is 2. The Hall–Kier alpha value is -2.68. The normalized spacial score (nSPS) is 19.5. The molecular formula is C25H28N2O. The van der Waals surface area contributed by atoms with Crippen LogP contribution in [0.2, 0.25) is 0 Å². The van der Waals surface area contributed by atoms with Gasteiger partial charge >= 0.3 is 0 Å². The van der Waals surface area contributed by atoms with E-state index in [2.05, 4.69) is 31.3 Å². The molecule has 0 radical (unpaired) electrons. The van der Waals surface area contributed by atoms with Gasteiger partial charge < -0.3 is 5.32 Å². The van der Waals surface area contributed by atoms with Crippen LogP contribution in [-0.2, 0) is 6.42 Å². The number of para-hydroxylation sites is 1. The average molecular weight is 373 g/mol. The summed E-state index contributed by atoms with van der Waals surface area (Å²) in [4.78, 5) is 18.4. The highest BCUT2D eigenvalue weighted by atomic mass is 16.1. The highest BCUT2D eigenvalue weighted by molar-refractivity contribution is 6.09. The van der Waals surface area contributed by atoms with E-state index in [9.17, 15) is 4.79 Å². The number of pyridine rings is 1. The minimum atomic E-state index is 0.0476. The number of carbonyl (C=O) groups is 1. The van der Waals surface area contributed by atoms with Crippen LogP contribution in [0.4, 0.5) is 0 Å². The van der Waals surface area contributed by atoms with E-state index in [4.69, 9.17) is 4.98 Å². The summed E-state index contributed by atoms with van der Waals surface area (Å²) in [7, 11) is 0. The van der Waals surface area contributed by atoms with Gasteiger partial charge in [-0.25, -0.2) is 4.98 Å². The molecule has 1 amide bonds. The standard InChI is InChI=1S/C25H28N2O/c1-3-19-23(25(28)27-21-15-9-7-11-17(21)2)20-14-8-10-16-22(20)26-24(19)18-12-5-4-6-13-18/h4-6,8,10,12-14,16-17,21H,3,7,9,11,15H2,1-2H3,(H,27,28)/t17-,21+/m1/s1. The van der Waals surface area contributed by atoms with Gasteiger partial charge in [0, 0.05) is 17.0 Å². The highest BCUT2D eigenvalue weighted by Gasteiger charge is 2.26. The third kappa shape index (κ3) is 3.54. The largest absolute Gasteiger partial charge is 0.349 e. The molecule has 3 nitrogen and oxygen atoms in total. The van der Waals surface area contributed by atoms with Gasteiger partial charge in [-0.3, -0.25) is 4.79 Å². The Bertz CT molecular complexity index is 981. The first-order valence-corrected chi connectivity index (χ1v) is 10.5. The number of nitrogens with one attached hydrogen (secondary N) is 1. The van der Waals surface area contributed by atoms with E-state index >= 15 is 0 Å². The first kappa shape index (κ1) is 18.7. The van der Waals surface area contributed by atoms with Gasteiger partial charge in [-0.05, 0) is 36.8 Å². The van der Waals surface area contributed by atoms with Crippen molar-refractivity contribution in [1.29, 1.82) is 0 Å². The number of benzene rings is 2. The molecular weight excluding hydrogens is 344 g/mol. The van der Waals surface area contributed by atoms with Crippen LogP contribution in [0.5, 0.6) is 0 Å². The maximum Gasteiger partial charge on any atom is 0.252 e. The van der Waals surface area contributed by atoms with E-state index in [0.717, 1.165) is 46.1 Å². The molecule has 1 aliphatic carbocycles. The van der Waals surface area contributed by atoms with Crippen LogP contribution in [0.15, 0.2) is 54.6 Å². The first-order valence-electron chi connectivity index (χ1n) is 10.5. The zero-order chi connectivity index (χ0) is 19.5. The Morgan fingerprint density at radius 2 is 1.75 bits per heavy atom. The summed E-state index contributed by atoms with van der Waals surface area (Å²) < 4.78 is 0. The van der Waals surface area contributed by atoms with E-state index in [-0.39, 0.29) is 11.9 Å². The fraction of sp³-hybridized carbons (Fsp3) is 0.360. The van der Waals surface area contributed by atoms with E-state index < -0.39 is 0 Å². The van der Waals surface area contributed by atoms with Gasteiger partial charge in [-0.15, -0.1) is 0 Å². The first-order chi connectivity index (χ1) is 13.7. The molecule has 2 atom stereocenters. The Balaban J connectivity index is 1.84. The highest BCUT2D eigenvalue weighted by Crippen LogP contribution is 2.31. The lowest BCUT2D eigenvalue weighted by Crippen LogP contribution is -2.41. The molecule has 1 N–H and O–H groups in total. The molecule has 3 aromatic rings. The number of fused-ring (bicyclic) bond motifs is 1. The molecule has 1 saturated carbocycles. The van der Waals surface area contributed by atoms with Crippen LogP contribution in [-0.4, -0.2) is 16.9 Å². The number of carbonyl (C=O) groups excluding carboxylic acids is 1. The van der Waals surface area contributed by atoms with E-state index in [1.807, 2.05) is 42.5 Å². The summed E-state index contributed by atoms with van der Waals surface area (Å²) >= 11 is 0. The lowest BCUT2D eigenvalue weighted by molar-refractivity contribution is 0.0911. The van der Waals surface area contributed by atoms with Crippen molar-refractivity contribution >= 4 is 16.8 Å². The smallest absolute Gasteiger partial charge is 0.252 e. The maximum absolute atomic E-state index is 13.5. The Labute approximate surface area is 167 Å². The van der Waals surface area contributed by atoms with Crippen molar-refractivity contribution in [2.24, 2.45) is 5.92 Å². The summed E-state index contributed by atoms with van der Waals surface area (Å²) in [6.45, 7) is 4.36. The number of aromatic nitrogens is 1. The van der Waals surface area contributed by atoms with Crippen molar-refractivity contribution in [3.8, 4) is 11.3 Å². The molecule has 1 heterocycles. The van der Waals surface area contributed by atoms with Crippen LogP contribution in [0.1, 0.15) is 55.5 Å². The molecule has 1 aromatic heterocycles. The van der Waals surface area contributed by atoms with Gasteiger partial charge in [0.25, 0.3) is 5.91 Å². The third-order valence-corrected chi connectivity index (χ3v) is 6.05. The molecule has 0 saturated heterocycles. The van der Waals surface area contributed by atoms with Crippen LogP contribution in [0.25, 0.3) is 22.2 Å². The summed E-state index contributed by atoms with van der Waals surface area (Å²) in [5.41, 5.74) is 4.69.